The van der Waals surface area contributed by atoms with Gasteiger partial charge in [-0.15, -0.1) is 6.58 Å². The standard InChI is InChI=1S/C37H50N6O8S/c1-10-22-17-37(22,33(45)42-52(47,48)24-12-13-24)20-40-31(44)27-16-23(50-32-26-15-21(2)11-14-25(26)28(49-9)18-39-32)19-43(27)30(38)29(35(3,4)5)41-34(46)51-36(6,7)8/h10-11,14-15,18,20,22-24,27,29,38H,1,12-13,16-17,19H2,2-9H3,(H,41,46)(H,42,45)/t22-,23-,27+,29-,37-/m1/s1. The van der Waals surface area contributed by atoms with Gasteiger partial charge in [-0.05, 0) is 64.4 Å². The Balaban J connectivity index is 1.46. The monoisotopic (exact) mass is 738 g/mol. The zero-order valence-electron chi connectivity index (χ0n) is 31.1. The molecule has 1 saturated heterocycles. The van der Waals surface area contributed by atoms with E-state index in [1.807, 2.05) is 45.9 Å². The van der Waals surface area contributed by atoms with Crippen LogP contribution in [0, 0.1) is 29.1 Å². The highest BCUT2D eigenvalue weighted by Crippen LogP contribution is 2.52. The number of pyridine rings is 1. The van der Waals surface area contributed by atoms with Crippen LogP contribution in [0.1, 0.15) is 72.8 Å². The number of hydrogen-bond acceptors (Lipinski definition) is 10. The highest BCUT2D eigenvalue weighted by Gasteiger charge is 2.59. The molecule has 282 valence electrons. The molecule has 0 spiro atoms. The molecule has 52 heavy (non-hydrogen) atoms. The molecule has 14 nitrogen and oxygen atoms in total. The number of alkyl carbamates (subject to hydrolysis) is 1. The van der Waals surface area contributed by atoms with Gasteiger partial charge < -0.3 is 24.4 Å². The lowest BCUT2D eigenvalue weighted by molar-refractivity contribution is -0.122. The summed E-state index contributed by atoms with van der Waals surface area (Å²) in [7, 11) is -2.27. The minimum Gasteiger partial charge on any atom is -0.494 e. The fourth-order valence-corrected chi connectivity index (χ4v) is 7.78. The number of fused-ring (bicyclic) bond motifs is 1. The first kappa shape index (κ1) is 38.7. The third-order valence-corrected chi connectivity index (χ3v) is 11.3. The molecule has 2 saturated carbocycles. The van der Waals surface area contributed by atoms with Gasteiger partial charge in [0.2, 0.25) is 21.8 Å². The van der Waals surface area contributed by atoms with E-state index in [-0.39, 0.29) is 25.2 Å². The maximum atomic E-state index is 14.1. The van der Waals surface area contributed by atoms with Crippen LogP contribution in [0.15, 0.2) is 42.0 Å². The van der Waals surface area contributed by atoms with Crippen molar-refractivity contribution < 1.29 is 37.0 Å². The molecular formula is C37H50N6O8S. The fraction of sp³-hybridized carbons (Fsp3) is 0.568. The van der Waals surface area contributed by atoms with Crippen LogP contribution in [0.2, 0.25) is 0 Å². The summed E-state index contributed by atoms with van der Waals surface area (Å²) in [6.45, 7) is 16.6. The Kier molecular flexibility index (Phi) is 10.5. The Morgan fingerprint density at radius 2 is 1.85 bits per heavy atom. The van der Waals surface area contributed by atoms with Crippen molar-refractivity contribution in [1.29, 1.82) is 5.41 Å². The molecule has 15 heteroatoms. The number of allylic oxidation sites excluding steroid dienone is 1. The SMILES string of the molecule is C=C[C@@H]1C[C@]1(C=NC(=O)[C@@H]1C[C@@H](Oc2ncc(OC)c3ccc(C)cc23)CN1C(=N)[C@@H](NC(=O)OC(C)(C)C)C(C)(C)C)C(=O)NS(=O)(=O)C1CC1. The van der Waals surface area contributed by atoms with E-state index < -0.39 is 73.7 Å². The fourth-order valence-electron chi connectivity index (χ4n) is 6.41. The molecule has 3 amide bonds. The first-order valence-electron chi connectivity index (χ1n) is 17.4. The second kappa shape index (κ2) is 14.1. The van der Waals surface area contributed by atoms with Crippen LogP contribution in [0.5, 0.6) is 11.6 Å². The lowest BCUT2D eigenvalue weighted by Crippen LogP contribution is -2.57. The summed E-state index contributed by atoms with van der Waals surface area (Å²) in [6.07, 6.45) is 4.29. The minimum atomic E-state index is -3.83. The summed E-state index contributed by atoms with van der Waals surface area (Å²) in [5.74, 6) is -0.975. The zero-order valence-corrected chi connectivity index (χ0v) is 31.9. The van der Waals surface area contributed by atoms with Crippen molar-refractivity contribution in [2.24, 2.45) is 21.7 Å². The summed E-state index contributed by atoms with van der Waals surface area (Å²) in [5, 5.41) is 13.1. The van der Waals surface area contributed by atoms with Crippen molar-refractivity contribution in [3.63, 3.8) is 0 Å². The minimum absolute atomic E-state index is 0.0558. The molecule has 1 aromatic carbocycles. The normalized spacial score (nSPS) is 23.9. The Bertz CT molecular complexity index is 1910. The number of benzene rings is 1. The summed E-state index contributed by atoms with van der Waals surface area (Å²) < 4.78 is 44.9. The molecule has 2 heterocycles. The molecular weight excluding hydrogens is 689 g/mol. The Hall–Kier alpha value is -4.53. The molecule has 3 N–H and O–H groups in total. The van der Waals surface area contributed by atoms with Gasteiger partial charge in [0.15, 0.2) is 0 Å². The zero-order chi connectivity index (χ0) is 38.4. The van der Waals surface area contributed by atoms with Crippen molar-refractivity contribution in [1.82, 2.24) is 19.9 Å². The van der Waals surface area contributed by atoms with Gasteiger partial charge in [0.25, 0.3) is 5.91 Å². The summed E-state index contributed by atoms with van der Waals surface area (Å²) in [4.78, 5) is 50.7. The maximum absolute atomic E-state index is 14.1. The number of rotatable bonds is 11. The number of nitrogens with one attached hydrogen (secondary N) is 3. The van der Waals surface area contributed by atoms with E-state index >= 15 is 0 Å². The van der Waals surface area contributed by atoms with Gasteiger partial charge in [0.1, 0.15) is 29.3 Å². The highest BCUT2D eigenvalue weighted by atomic mass is 32.2. The second-order valence-electron chi connectivity index (χ2n) is 16.0. The number of amides is 3. The number of carbonyl (C=O) groups excluding carboxylic acids is 3. The molecule has 5 rings (SSSR count). The molecule has 0 bridgehead atoms. The maximum Gasteiger partial charge on any atom is 0.408 e. The van der Waals surface area contributed by atoms with E-state index in [0.717, 1.165) is 10.9 Å². The smallest absolute Gasteiger partial charge is 0.408 e. The number of aromatic nitrogens is 1. The number of sulfonamides is 1. The number of hydrogen-bond donors (Lipinski definition) is 3. The quantitative estimate of drug-likeness (QED) is 0.166. The van der Waals surface area contributed by atoms with Gasteiger partial charge >= 0.3 is 6.09 Å². The number of methoxy groups -OCH3 is 1. The average molecular weight is 739 g/mol. The number of likely N-dealkylation sites (tertiary alicyclic amines) is 1. The topological polar surface area (TPSA) is 189 Å². The molecule has 1 aliphatic heterocycles. The second-order valence-corrected chi connectivity index (χ2v) is 18.0. The summed E-state index contributed by atoms with van der Waals surface area (Å²) >= 11 is 0. The first-order valence-corrected chi connectivity index (χ1v) is 19.0. The van der Waals surface area contributed by atoms with Gasteiger partial charge in [-0.2, -0.15) is 0 Å². The number of nitrogens with zero attached hydrogens (tertiary/aromatic N) is 3. The third kappa shape index (κ3) is 8.40. The largest absolute Gasteiger partial charge is 0.494 e. The van der Waals surface area contributed by atoms with Crippen LogP contribution in [-0.4, -0.2) is 91.0 Å². The van der Waals surface area contributed by atoms with Crippen molar-refractivity contribution in [3.8, 4) is 11.6 Å². The molecule has 3 fully saturated rings. The number of ether oxygens (including phenoxy) is 3. The van der Waals surface area contributed by atoms with Crippen molar-refractivity contribution in [2.75, 3.05) is 13.7 Å². The van der Waals surface area contributed by atoms with Gasteiger partial charge in [-0.25, -0.2) is 23.2 Å². The lowest BCUT2D eigenvalue weighted by atomic mass is 9.85. The van der Waals surface area contributed by atoms with E-state index in [1.165, 1.54) is 6.21 Å². The number of aryl methyl sites for hydroxylation is 1. The molecule has 3 aliphatic rings. The van der Waals surface area contributed by atoms with Gasteiger partial charge in [-0.3, -0.25) is 19.7 Å². The highest BCUT2D eigenvalue weighted by molar-refractivity contribution is 7.91. The van der Waals surface area contributed by atoms with Crippen LogP contribution in [0.3, 0.4) is 0 Å². The number of aliphatic imine (C=N–C) groups is 1. The Labute approximate surface area is 305 Å². The van der Waals surface area contributed by atoms with Crippen molar-refractivity contribution in [2.45, 2.75) is 103 Å². The van der Waals surface area contributed by atoms with E-state index in [1.54, 1.807) is 45.1 Å². The predicted molar refractivity (Wildman–Crippen MR) is 197 cm³/mol. The molecule has 0 unspecified atom stereocenters. The molecule has 2 aromatic rings. The lowest BCUT2D eigenvalue weighted by Gasteiger charge is -2.37. The van der Waals surface area contributed by atoms with Crippen LogP contribution in [0.4, 0.5) is 4.79 Å². The van der Waals surface area contributed by atoms with E-state index in [0.29, 0.717) is 29.9 Å². The molecule has 5 atom stereocenters. The molecule has 1 aromatic heterocycles. The van der Waals surface area contributed by atoms with Gasteiger partial charge in [0, 0.05) is 23.4 Å². The van der Waals surface area contributed by atoms with Gasteiger partial charge in [-0.1, -0.05) is 44.5 Å². The van der Waals surface area contributed by atoms with Crippen molar-refractivity contribution >= 4 is 50.8 Å². The first-order chi connectivity index (χ1) is 24.2. The molecule has 0 radical (unpaired) electrons. The van der Waals surface area contributed by atoms with Crippen molar-refractivity contribution in [3.05, 3.63) is 42.6 Å². The summed E-state index contributed by atoms with van der Waals surface area (Å²) in [6, 6.07) is 3.89. The average Bonchev–Trinajstić information content (AvgIpc) is 3.97. The van der Waals surface area contributed by atoms with E-state index in [2.05, 4.69) is 26.6 Å². The van der Waals surface area contributed by atoms with Crippen LogP contribution in [-0.2, 0) is 24.3 Å². The van der Waals surface area contributed by atoms with Crippen LogP contribution < -0.4 is 19.5 Å². The Morgan fingerprint density at radius 1 is 1.15 bits per heavy atom. The number of amidine groups is 1. The van der Waals surface area contributed by atoms with Gasteiger partial charge in [0.05, 0.1) is 36.6 Å². The summed E-state index contributed by atoms with van der Waals surface area (Å²) in [5.41, 5.74) is -1.84. The van der Waals surface area contributed by atoms with E-state index in [9.17, 15) is 28.2 Å². The van der Waals surface area contributed by atoms with Crippen LogP contribution >= 0.6 is 0 Å². The third-order valence-electron chi connectivity index (χ3n) is 9.51. The van der Waals surface area contributed by atoms with Crippen LogP contribution in [0.25, 0.3) is 10.8 Å². The molecule has 2 aliphatic carbocycles. The Morgan fingerprint density at radius 3 is 2.42 bits per heavy atom. The van der Waals surface area contributed by atoms with E-state index in [4.69, 9.17) is 14.2 Å². The predicted octanol–water partition coefficient (Wildman–Crippen LogP) is 4.69. The number of carbonyl (C=O) groups is 3.